The van der Waals surface area contributed by atoms with Gasteiger partial charge in [-0.1, -0.05) is 12.1 Å². The topological polar surface area (TPSA) is 50.1 Å². The van der Waals surface area contributed by atoms with E-state index in [2.05, 4.69) is 0 Å². The van der Waals surface area contributed by atoms with Crippen molar-refractivity contribution >= 4 is 11.9 Å². The van der Waals surface area contributed by atoms with Crippen molar-refractivity contribution in [3.63, 3.8) is 0 Å². The van der Waals surface area contributed by atoms with Gasteiger partial charge >= 0.3 is 0 Å². The lowest BCUT2D eigenvalue weighted by molar-refractivity contribution is 0.104. The first-order valence-corrected chi connectivity index (χ1v) is 6.20. The van der Waals surface area contributed by atoms with Crippen LogP contribution in [0.5, 0.6) is 5.75 Å². The van der Waals surface area contributed by atoms with Crippen LogP contribution in [0.25, 0.3) is 6.08 Å². The lowest BCUT2D eigenvalue weighted by Crippen LogP contribution is -2.01. The van der Waals surface area contributed by atoms with Gasteiger partial charge in [0.05, 0.1) is 7.11 Å². The minimum atomic E-state index is -0.444. The van der Waals surface area contributed by atoms with E-state index in [0.717, 1.165) is 0 Å². The van der Waals surface area contributed by atoms with Crippen LogP contribution in [0.2, 0.25) is 0 Å². The molecule has 4 heteroatoms. The highest BCUT2D eigenvalue weighted by atomic mass is 19.1. The maximum atomic E-state index is 12.9. The van der Waals surface area contributed by atoms with Gasteiger partial charge in [0.25, 0.3) is 0 Å². The van der Waals surface area contributed by atoms with E-state index in [0.29, 0.717) is 11.3 Å². The third-order valence-electron chi connectivity index (χ3n) is 2.88. The molecule has 0 N–H and O–H groups in total. The fourth-order valence-electron chi connectivity index (χ4n) is 1.80. The normalized spacial score (nSPS) is 10.8. The smallest absolute Gasteiger partial charge is 0.203 e. The molecule has 0 aliphatic heterocycles. The molecule has 21 heavy (non-hydrogen) atoms. The molecule has 0 atom stereocenters. The number of Topliss-reactive ketones (excluding diaryl/α,β-unsaturated/α-hetero) is 1. The standard InChI is InChI=1S/C17H12FNO2/c1-21-16-4-2-3-12(10-16)9-14(11-19)17(20)13-5-7-15(18)8-6-13/h2-10H,1H3/b14-9+. The molecule has 0 aliphatic rings. The Morgan fingerprint density at radius 3 is 2.57 bits per heavy atom. The summed E-state index contributed by atoms with van der Waals surface area (Å²) in [4.78, 5) is 12.2. The molecule has 0 aromatic heterocycles. The Hall–Kier alpha value is -2.93. The number of carbonyl (C=O) groups excluding carboxylic acids is 1. The molecule has 0 amide bonds. The molecule has 0 heterocycles. The predicted octanol–water partition coefficient (Wildman–Crippen LogP) is 3.62. The van der Waals surface area contributed by atoms with Gasteiger partial charge in [-0.05, 0) is 48.0 Å². The highest BCUT2D eigenvalue weighted by molar-refractivity contribution is 6.14. The maximum absolute atomic E-state index is 12.9. The molecule has 0 aliphatic carbocycles. The van der Waals surface area contributed by atoms with Gasteiger partial charge in [0.15, 0.2) is 0 Å². The predicted molar refractivity (Wildman–Crippen MR) is 77.3 cm³/mol. The second-order valence-electron chi connectivity index (χ2n) is 4.28. The summed E-state index contributed by atoms with van der Waals surface area (Å²) in [5.74, 6) is -0.238. The summed E-state index contributed by atoms with van der Waals surface area (Å²) in [7, 11) is 1.54. The zero-order valence-electron chi connectivity index (χ0n) is 11.3. The minimum Gasteiger partial charge on any atom is -0.497 e. The first-order chi connectivity index (χ1) is 10.1. The van der Waals surface area contributed by atoms with Crippen molar-refractivity contribution in [3.8, 4) is 11.8 Å². The molecule has 2 rings (SSSR count). The molecule has 0 saturated heterocycles. The van der Waals surface area contributed by atoms with Crippen LogP contribution in [-0.4, -0.2) is 12.9 Å². The second kappa shape index (κ2) is 6.49. The lowest BCUT2D eigenvalue weighted by atomic mass is 10.0. The van der Waals surface area contributed by atoms with E-state index in [1.54, 1.807) is 24.3 Å². The summed E-state index contributed by atoms with van der Waals surface area (Å²) in [6.45, 7) is 0. The summed E-state index contributed by atoms with van der Waals surface area (Å²) >= 11 is 0. The van der Waals surface area contributed by atoms with Gasteiger partial charge in [-0.3, -0.25) is 4.79 Å². The van der Waals surface area contributed by atoms with E-state index in [-0.39, 0.29) is 11.1 Å². The summed E-state index contributed by atoms with van der Waals surface area (Å²) < 4.78 is 17.9. The minimum absolute atomic E-state index is 0.0186. The van der Waals surface area contributed by atoms with Crippen LogP contribution in [0, 0.1) is 17.1 Å². The van der Waals surface area contributed by atoms with Gasteiger partial charge in [0.2, 0.25) is 5.78 Å². The first-order valence-electron chi connectivity index (χ1n) is 6.20. The number of ether oxygens (including phenoxy) is 1. The van der Waals surface area contributed by atoms with Crippen molar-refractivity contribution in [1.29, 1.82) is 5.26 Å². The number of allylic oxidation sites excluding steroid dienone is 1. The van der Waals surface area contributed by atoms with Crippen LogP contribution in [-0.2, 0) is 0 Å². The number of rotatable bonds is 4. The highest BCUT2D eigenvalue weighted by Gasteiger charge is 2.12. The summed E-state index contributed by atoms with van der Waals surface area (Å²) in [6.07, 6.45) is 1.48. The summed E-state index contributed by atoms with van der Waals surface area (Å²) in [6, 6.07) is 14.0. The summed E-state index contributed by atoms with van der Waals surface area (Å²) in [5, 5.41) is 9.16. The van der Waals surface area contributed by atoms with Crippen molar-refractivity contribution in [2.45, 2.75) is 0 Å². The SMILES string of the molecule is COc1cccc(/C=C(\C#N)C(=O)c2ccc(F)cc2)c1. The highest BCUT2D eigenvalue weighted by Crippen LogP contribution is 2.17. The Kier molecular flexibility index (Phi) is 4.47. The van der Waals surface area contributed by atoms with Gasteiger partial charge in [0, 0.05) is 5.56 Å². The number of carbonyl (C=O) groups is 1. The van der Waals surface area contributed by atoms with Crippen molar-refractivity contribution in [3.05, 3.63) is 71.0 Å². The van der Waals surface area contributed by atoms with E-state index in [9.17, 15) is 9.18 Å². The van der Waals surface area contributed by atoms with Crippen LogP contribution < -0.4 is 4.74 Å². The van der Waals surface area contributed by atoms with Crippen LogP contribution in [0.3, 0.4) is 0 Å². The fraction of sp³-hybridized carbons (Fsp3) is 0.0588. The molecule has 2 aromatic rings. The number of methoxy groups -OCH3 is 1. The molecule has 0 fully saturated rings. The Morgan fingerprint density at radius 1 is 1.24 bits per heavy atom. The number of hydrogen-bond donors (Lipinski definition) is 0. The van der Waals surface area contributed by atoms with Crippen molar-refractivity contribution < 1.29 is 13.9 Å². The van der Waals surface area contributed by atoms with Crippen molar-refractivity contribution in [1.82, 2.24) is 0 Å². The molecule has 0 spiro atoms. The van der Waals surface area contributed by atoms with Crippen LogP contribution in [0.4, 0.5) is 4.39 Å². The molecule has 0 saturated carbocycles. The Bertz CT molecular complexity index is 727. The van der Waals surface area contributed by atoms with E-state index < -0.39 is 11.6 Å². The lowest BCUT2D eigenvalue weighted by Gasteiger charge is -2.02. The zero-order chi connectivity index (χ0) is 15.2. The molecule has 104 valence electrons. The maximum Gasteiger partial charge on any atom is 0.203 e. The third kappa shape index (κ3) is 3.54. The van der Waals surface area contributed by atoms with E-state index >= 15 is 0 Å². The second-order valence-corrected chi connectivity index (χ2v) is 4.28. The largest absolute Gasteiger partial charge is 0.497 e. The number of halogens is 1. The molecule has 0 radical (unpaired) electrons. The Balaban J connectivity index is 2.34. The van der Waals surface area contributed by atoms with Gasteiger partial charge < -0.3 is 4.74 Å². The van der Waals surface area contributed by atoms with Gasteiger partial charge in [-0.25, -0.2) is 4.39 Å². The summed E-state index contributed by atoms with van der Waals surface area (Å²) in [5.41, 5.74) is 0.934. The average Bonchev–Trinajstić information content (AvgIpc) is 2.53. The molecule has 2 aromatic carbocycles. The van der Waals surface area contributed by atoms with Crippen molar-refractivity contribution in [2.75, 3.05) is 7.11 Å². The molecule has 0 unspecified atom stereocenters. The number of nitriles is 1. The third-order valence-corrected chi connectivity index (χ3v) is 2.88. The number of nitrogens with zero attached hydrogens (tertiary/aromatic N) is 1. The van der Waals surface area contributed by atoms with Crippen LogP contribution >= 0.6 is 0 Å². The number of hydrogen-bond acceptors (Lipinski definition) is 3. The zero-order valence-corrected chi connectivity index (χ0v) is 11.3. The fourth-order valence-corrected chi connectivity index (χ4v) is 1.80. The molecular weight excluding hydrogens is 269 g/mol. The van der Waals surface area contributed by atoms with Crippen LogP contribution in [0.15, 0.2) is 54.1 Å². The molecular formula is C17H12FNO2. The number of ketones is 1. The monoisotopic (exact) mass is 281 g/mol. The molecule has 0 bridgehead atoms. The van der Waals surface area contributed by atoms with E-state index in [1.165, 1.54) is 37.5 Å². The quantitative estimate of drug-likeness (QED) is 0.488. The van der Waals surface area contributed by atoms with Gasteiger partial charge in [-0.2, -0.15) is 5.26 Å². The van der Waals surface area contributed by atoms with E-state index in [1.807, 2.05) is 6.07 Å². The Morgan fingerprint density at radius 2 is 1.95 bits per heavy atom. The van der Waals surface area contributed by atoms with Gasteiger partial charge in [-0.15, -0.1) is 0 Å². The van der Waals surface area contributed by atoms with E-state index in [4.69, 9.17) is 10.00 Å². The van der Waals surface area contributed by atoms with Crippen molar-refractivity contribution in [2.24, 2.45) is 0 Å². The average molecular weight is 281 g/mol. The first kappa shape index (κ1) is 14.5. The number of benzene rings is 2. The van der Waals surface area contributed by atoms with Crippen LogP contribution in [0.1, 0.15) is 15.9 Å². The van der Waals surface area contributed by atoms with Gasteiger partial charge in [0.1, 0.15) is 23.2 Å². The Labute approximate surface area is 121 Å². The molecule has 3 nitrogen and oxygen atoms in total.